The summed E-state index contributed by atoms with van der Waals surface area (Å²) in [6.45, 7) is 4.64. The molecule has 42 heavy (non-hydrogen) atoms. The Morgan fingerprint density at radius 2 is 1.83 bits per heavy atom. The maximum Gasteiger partial charge on any atom is 0.416 e. The molecule has 0 bridgehead atoms. The summed E-state index contributed by atoms with van der Waals surface area (Å²) in [7, 11) is 1.86. The largest absolute Gasteiger partial charge is 0.486 e. The fourth-order valence-corrected chi connectivity index (χ4v) is 5.63. The average molecular weight is 591 g/mol. The fraction of sp³-hybridized carbons (Fsp3) is 0.548. The first-order chi connectivity index (χ1) is 20.0. The third-order valence-electron chi connectivity index (χ3n) is 8.11. The van der Waals surface area contributed by atoms with E-state index in [1.807, 2.05) is 18.9 Å². The molecule has 4 rings (SSSR count). The Hall–Kier alpha value is -3.31. The van der Waals surface area contributed by atoms with E-state index in [9.17, 15) is 27.9 Å². The van der Waals surface area contributed by atoms with Crippen molar-refractivity contribution in [3.63, 3.8) is 0 Å². The van der Waals surface area contributed by atoms with Gasteiger partial charge in [0, 0.05) is 31.6 Å². The maximum absolute atomic E-state index is 13.7. The summed E-state index contributed by atoms with van der Waals surface area (Å²) in [5, 5.41) is 15.8. The van der Waals surface area contributed by atoms with E-state index in [2.05, 4.69) is 10.6 Å². The summed E-state index contributed by atoms with van der Waals surface area (Å²) in [5.74, 6) is -0.211. The first kappa shape index (κ1) is 31.6. The Labute approximate surface area is 245 Å². The van der Waals surface area contributed by atoms with E-state index >= 15 is 0 Å². The number of nitrogens with one attached hydrogen (secondary N) is 2. The lowest BCUT2D eigenvalue weighted by Gasteiger charge is -2.38. The lowest BCUT2D eigenvalue weighted by Crippen LogP contribution is -2.50. The van der Waals surface area contributed by atoms with Gasteiger partial charge in [-0.1, -0.05) is 44.4 Å². The highest BCUT2D eigenvalue weighted by Crippen LogP contribution is 2.35. The van der Waals surface area contributed by atoms with Gasteiger partial charge in [-0.25, -0.2) is 4.79 Å². The second-order valence-corrected chi connectivity index (χ2v) is 11.6. The van der Waals surface area contributed by atoms with Gasteiger partial charge < -0.3 is 25.4 Å². The lowest BCUT2D eigenvalue weighted by molar-refractivity contribution is -0.137. The van der Waals surface area contributed by atoms with E-state index in [0.717, 1.165) is 49.8 Å². The minimum atomic E-state index is -4.39. The summed E-state index contributed by atoms with van der Waals surface area (Å²) in [6.07, 6.45) is 0.325. The molecule has 1 aliphatic heterocycles. The number of hydrogen-bond donors (Lipinski definition) is 3. The van der Waals surface area contributed by atoms with Gasteiger partial charge in [-0.3, -0.25) is 9.69 Å². The minimum Gasteiger partial charge on any atom is -0.486 e. The van der Waals surface area contributed by atoms with E-state index in [4.69, 9.17) is 4.74 Å². The van der Waals surface area contributed by atoms with Gasteiger partial charge in [0.15, 0.2) is 5.75 Å². The van der Waals surface area contributed by atoms with Gasteiger partial charge in [-0.2, -0.15) is 13.2 Å². The highest BCUT2D eigenvalue weighted by molar-refractivity contribution is 6.01. The fourth-order valence-electron chi connectivity index (χ4n) is 5.63. The normalized spacial score (nSPS) is 20.8. The zero-order valence-electron chi connectivity index (χ0n) is 24.4. The summed E-state index contributed by atoms with van der Waals surface area (Å²) in [4.78, 5) is 30.2. The van der Waals surface area contributed by atoms with Crippen molar-refractivity contribution in [3.8, 4) is 5.75 Å². The van der Waals surface area contributed by atoms with Crippen molar-refractivity contribution in [2.75, 3.05) is 32.1 Å². The van der Waals surface area contributed by atoms with Crippen molar-refractivity contribution in [1.82, 2.24) is 15.1 Å². The number of hydrogen-bond acceptors (Lipinski definition) is 5. The second kappa shape index (κ2) is 13.8. The van der Waals surface area contributed by atoms with Crippen molar-refractivity contribution in [2.24, 2.45) is 5.92 Å². The summed E-state index contributed by atoms with van der Waals surface area (Å²) >= 11 is 0. The van der Waals surface area contributed by atoms with Crippen LogP contribution in [0, 0.1) is 5.92 Å². The average Bonchev–Trinajstić information content (AvgIpc) is 2.95. The maximum atomic E-state index is 13.7. The number of ether oxygens (including phenoxy) is 1. The monoisotopic (exact) mass is 590 g/mol. The molecule has 2 aromatic rings. The molecule has 0 unspecified atom stereocenters. The van der Waals surface area contributed by atoms with Gasteiger partial charge in [-0.05, 0) is 56.6 Å². The van der Waals surface area contributed by atoms with Crippen molar-refractivity contribution in [2.45, 2.75) is 76.9 Å². The molecule has 8 nitrogen and oxygen atoms in total. The molecule has 2 aliphatic rings. The topological polar surface area (TPSA) is 94.1 Å². The number of aliphatic hydroxyl groups is 1. The molecule has 3 atom stereocenters. The first-order valence-electron chi connectivity index (χ1n) is 14.6. The van der Waals surface area contributed by atoms with Crippen LogP contribution in [0.1, 0.15) is 67.4 Å². The summed E-state index contributed by atoms with van der Waals surface area (Å²) < 4.78 is 45.5. The number of para-hydroxylation sites is 1. The van der Waals surface area contributed by atoms with Crippen molar-refractivity contribution < 1.29 is 32.6 Å². The third kappa shape index (κ3) is 7.95. The summed E-state index contributed by atoms with van der Waals surface area (Å²) in [6, 6.07) is 9.41. The molecule has 0 aromatic heterocycles. The van der Waals surface area contributed by atoms with Crippen molar-refractivity contribution in [3.05, 3.63) is 59.2 Å². The van der Waals surface area contributed by atoms with Crippen LogP contribution in [0.5, 0.6) is 5.75 Å². The number of carbonyl (C=O) groups is 2. The number of nitrogens with zero attached hydrogens (tertiary/aromatic N) is 2. The van der Waals surface area contributed by atoms with Gasteiger partial charge in [0.05, 0.1) is 29.5 Å². The zero-order chi connectivity index (χ0) is 30.4. The molecular weight excluding hydrogens is 549 g/mol. The van der Waals surface area contributed by atoms with E-state index in [0.29, 0.717) is 25.3 Å². The van der Waals surface area contributed by atoms with Crippen LogP contribution in [-0.4, -0.2) is 71.8 Å². The highest BCUT2D eigenvalue weighted by Gasteiger charge is 2.35. The molecule has 0 spiro atoms. The number of likely N-dealkylation sites (N-methyl/N-ethyl adjacent to an activating group) is 1. The van der Waals surface area contributed by atoms with Crippen molar-refractivity contribution >= 4 is 17.6 Å². The van der Waals surface area contributed by atoms with Crippen LogP contribution < -0.4 is 15.4 Å². The van der Waals surface area contributed by atoms with Crippen molar-refractivity contribution in [1.29, 1.82) is 0 Å². The van der Waals surface area contributed by atoms with E-state index in [1.54, 1.807) is 30.0 Å². The van der Waals surface area contributed by atoms with Crippen LogP contribution in [0.15, 0.2) is 42.5 Å². The number of carbonyl (C=O) groups excluding carboxylic acids is 2. The smallest absolute Gasteiger partial charge is 0.416 e. The number of benzene rings is 2. The lowest BCUT2D eigenvalue weighted by atomic mass is 9.96. The molecule has 1 heterocycles. The summed E-state index contributed by atoms with van der Waals surface area (Å²) in [5.41, 5.74) is 0.679. The van der Waals surface area contributed by atoms with Gasteiger partial charge >= 0.3 is 12.2 Å². The predicted octanol–water partition coefficient (Wildman–Crippen LogP) is 5.51. The minimum absolute atomic E-state index is 0.0966. The Morgan fingerprint density at radius 1 is 1.14 bits per heavy atom. The number of rotatable bonds is 8. The Bertz CT molecular complexity index is 1220. The standard InChI is InChI=1S/C31H41F3N4O4/c1-20-16-38(21(2)19-39)29(40)25-10-7-11-26(36-30(41)35-24-8-5-4-6-9-24)28(25)42-27(20)18-37(3)17-22-12-14-23(15-13-22)31(32,33)34/h7,10-15,20-21,24,27,39H,4-6,8-9,16-19H2,1-3H3,(H2,35,36,41)/t20-,21+,27-/m1/s1. The Balaban J connectivity index is 1.57. The second-order valence-electron chi connectivity index (χ2n) is 11.6. The number of halogens is 3. The number of aliphatic hydroxyl groups excluding tert-OH is 1. The molecule has 1 saturated carbocycles. The van der Waals surface area contributed by atoms with E-state index in [1.165, 1.54) is 12.1 Å². The third-order valence-corrected chi connectivity index (χ3v) is 8.11. The number of urea groups is 1. The molecule has 3 amide bonds. The molecule has 1 fully saturated rings. The van der Waals surface area contributed by atoms with Crippen LogP contribution in [0.2, 0.25) is 0 Å². The van der Waals surface area contributed by atoms with Crippen LogP contribution in [0.4, 0.5) is 23.7 Å². The van der Waals surface area contributed by atoms with Gasteiger partial charge in [-0.15, -0.1) is 0 Å². The molecule has 0 saturated heterocycles. The number of amides is 3. The van der Waals surface area contributed by atoms with Crippen LogP contribution >= 0.6 is 0 Å². The highest BCUT2D eigenvalue weighted by atomic mass is 19.4. The molecular formula is C31H41F3N4O4. The quantitative estimate of drug-likeness (QED) is 0.377. The number of anilines is 1. The molecule has 3 N–H and O–H groups in total. The van der Waals surface area contributed by atoms with Crippen LogP contribution in [0.25, 0.3) is 0 Å². The van der Waals surface area contributed by atoms with E-state index < -0.39 is 23.9 Å². The molecule has 230 valence electrons. The van der Waals surface area contributed by atoms with Crippen LogP contribution in [-0.2, 0) is 12.7 Å². The SMILES string of the molecule is C[C@@H]1CN([C@@H](C)CO)C(=O)c2cccc(NC(=O)NC3CCCCC3)c2O[C@@H]1CN(C)Cc1ccc(C(F)(F)F)cc1. The molecule has 11 heteroatoms. The Morgan fingerprint density at radius 3 is 2.48 bits per heavy atom. The number of fused-ring (bicyclic) bond motifs is 1. The predicted molar refractivity (Wildman–Crippen MR) is 154 cm³/mol. The number of alkyl halides is 3. The van der Waals surface area contributed by atoms with Gasteiger partial charge in [0.25, 0.3) is 5.91 Å². The zero-order valence-corrected chi connectivity index (χ0v) is 24.4. The molecule has 1 aliphatic carbocycles. The molecule has 2 aromatic carbocycles. The van der Waals surface area contributed by atoms with Gasteiger partial charge in [0.1, 0.15) is 6.10 Å². The van der Waals surface area contributed by atoms with Crippen LogP contribution in [0.3, 0.4) is 0 Å². The first-order valence-corrected chi connectivity index (χ1v) is 14.6. The Kier molecular flexibility index (Phi) is 10.4. The van der Waals surface area contributed by atoms with E-state index in [-0.39, 0.29) is 41.8 Å². The molecule has 0 radical (unpaired) electrons. The van der Waals surface area contributed by atoms with Gasteiger partial charge in [0.2, 0.25) is 0 Å².